The number of alkyl halides is 2. The number of halogens is 2. The minimum absolute atomic E-state index is 0.0829. The third kappa shape index (κ3) is 4.23. The average molecular weight is 417 g/mol. The van der Waals surface area contributed by atoms with Crippen LogP contribution in [0.3, 0.4) is 0 Å². The summed E-state index contributed by atoms with van der Waals surface area (Å²) in [6.45, 7) is 2.78. The standard InChI is InChI=1S/C22H25F2N3O3/c1-22(23,24)14-7-8-19-17(11-14)26-21(16-5-3-4-6-18(16)30-19)27-10-9-25-15(13-27)12-20(28)29-2/h3,5,7-8,11,15,25H,4,6,9-10,12-13H2,1-2H3. The fourth-order valence-electron chi connectivity index (χ4n) is 3.90. The van der Waals surface area contributed by atoms with Gasteiger partial charge in [0.15, 0.2) is 5.75 Å². The number of methoxy groups -OCH3 is 1. The van der Waals surface area contributed by atoms with Crippen molar-refractivity contribution in [3.05, 3.63) is 47.2 Å². The van der Waals surface area contributed by atoms with Crippen LogP contribution in [-0.2, 0) is 15.5 Å². The van der Waals surface area contributed by atoms with Crippen molar-refractivity contribution >= 4 is 17.5 Å². The van der Waals surface area contributed by atoms with Crippen LogP contribution in [0, 0.1) is 0 Å². The molecule has 3 aliphatic rings. The number of benzene rings is 1. The zero-order valence-corrected chi connectivity index (χ0v) is 17.1. The lowest BCUT2D eigenvalue weighted by Gasteiger charge is -2.36. The van der Waals surface area contributed by atoms with Crippen LogP contribution < -0.4 is 10.1 Å². The summed E-state index contributed by atoms with van der Waals surface area (Å²) in [5.41, 5.74) is 1.14. The predicted molar refractivity (Wildman–Crippen MR) is 109 cm³/mol. The number of carbonyl (C=O) groups excluding carboxylic acids is 1. The average Bonchev–Trinajstić information content (AvgIpc) is 2.89. The molecule has 1 aromatic rings. The lowest BCUT2D eigenvalue weighted by atomic mass is 10.0. The fraction of sp³-hybridized carbons (Fsp3) is 0.455. The molecule has 0 aromatic heterocycles. The number of nitrogens with one attached hydrogen (secondary N) is 1. The maximum Gasteiger partial charge on any atom is 0.307 e. The summed E-state index contributed by atoms with van der Waals surface area (Å²) < 4.78 is 38.7. The number of aliphatic imine (C=N–C) groups is 1. The minimum atomic E-state index is -2.97. The van der Waals surface area contributed by atoms with E-state index in [1.165, 1.54) is 19.2 Å². The van der Waals surface area contributed by atoms with E-state index in [0.29, 0.717) is 43.3 Å². The largest absolute Gasteiger partial charge is 0.469 e. The van der Waals surface area contributed by atoms with E-state index in [9.17, 15) is 13.6 Å². The molecule has 1 aliphatic carbocycles. The van der Waals surface area contributed by atoms with Gasteiger partial charge >= 0.3 is 5.97 Å². The van der Waals surface area contributed by atoms with Gasteiger partial charge in [-0.05, 0) is 24.6 Å². The third-order valence-corrected chi connectivity index (χ3v) is 5.49. The first-order valence-corrected chi connectivity index (χ1v) is 10.1. The van der Waals surface area contributed by atoms with Crippen LogP contribution in [0.1, 0.15) is 31.7 Å². The Balaban J connectivity index is 1.72. The minimum Gasteiger partial charge on any atom is -0.469 e. The first kappa shape index (κ1) is 20.5. The Morgan fingerprint density at radius 3 is 3.03 bits per heavy atom. The van der Waals surface area contributed by atoms with Gasteiger partial charge in [0.2, 0.25) is 0 Å². The number of allylic oxidation sites excluding steroid dienone is 2. The SMILES string of the molecule is COC(=O)CC1CN(C2=Nc3cc(C(C)(F)F)ccc3OC3=C2C=CCC3)CCN1. The Morgan fingerprint density at radius 1 is 1.43 bits per heavy atom. The molecule has 0 bridgehead atoms. The van der Waals surface area contributed by atoms with E-state index in [2.05, 4.69) is 16.3 Å². The number of hydrogen-bond acceptors (Lipinski definition) is 6. The number of piperazine rings is 1. The third-order valence-electron chi connectivity index (χ3n) is 5.49. The molecule has 160 valence electrons. The maximum atomic E-state index is 13.9. The van der Waals surface area contributed by atoms with Gasteiger partial charge in [-0.3, -0.25) is 4.79 Å². The highest BCUT2D eigenvalue weighted by molar-refractivity contribution is 6.04. The summed E-state index contributed by atoms with van der Waals surface area (Å²) in [5, 5.41) is 3.33. The maximum absolute atomic E-state index is 13.9. The second-order valence-electron chi connectivity index (χ2n) is 7.76. The predicted octanol–water partition coefficient (Wildman–Crippen LogP) is 3.66. The highest BCUT2D eigenvalue weighted by Crippen LogP contribution is 2.40. The molecule has 4 rings (SSSR count). The van der Waals surface area contributed by atoms with Crippen LogP contribution in [-0.4, -0.2) is 49.5 Å². The van der Waals surface area contributed by atoms with Gasteiger partial charge in [-0.1, -0.05) is 12.2 Å². The molecular formula is C22H25F2N3O3. The highest BCUT2D eigenvalue weighted by atomic mass is 19.3. The zero-order valence-electron chi connectivity index (χ0n) is 17.1. The summed E-state index contributed by atoms with van der Waals surface area (Å²) in [5.74, 6) is -1.30. The van der Waals surface area contributed by atoms with Crippen molar-refractivity contribution in [3.8, 4) is 5.75 Å². The quantitative estimate of drug-likeness (QED) is 0.761. The Kier molecular flexibility index (Phi) is 5.60. The van der Waals surface area contributed by atoms with Gasteiger partial charge in [-0.2, -0.15) is 0 Å². The Hall–Kier alpha value is -2.74. The lowest BCUT2D eigenvalue weighted by Crippen LogP contribution is -2.53. The van der Waals surface area contributed by atoms with Crippen LogP contribution >= 0.6 is 0 Å². The molecule has 1 atom stereocenters. The number of fused-ring (bicyclic) bond motifs is 1. The van der Waals surface area contributed by atoms with Crippen molar-refractivity contribution in [1.29, 1.82) is 0 Å². The number of nitrogens with zero attached hydrogens (tertiary/aromatic N) is 2. The number of rotatable bonds is 3. The molecule has 30 heavy (non-hydrogen) atoms. The van der Waals surface area contributed by atoms with Crippen LogP contribution in [0.5, 0.6) is 5.75 Å². The van der Waals surface area contributed by atoms with Crippen molar-refractivity contribution in [2.24, 2.45) is 4.99 Å². The molecule has 6 nitrogen and oxygen atoms in total. The summed E-state index contributed by atoms with van der Waals surface area (Å²) in [4.78, 5) is 18.6. The first-order valence-electron chi connectivity index (χ1n) is 10.1. The van der Waals surface area contributed by atoms with Gasteiger partial charge in [0.1, 0.15) is 17.3 Å². The summed E-state index contributed by atoms with van der Waals surface area (Å²) in [7, 11) is 1.37. The van der Waals surface area contributed by atoms with Crippen LogP contribution in [0.15, 0.2) is 46.7 Å². The smallest absolute Gasteiger partial charge is 0.307 e. The number of amidine groups is 1. The number of esters is 1. The van der Waals surface area contributed by atoms with E-state index in [1.807, 2.05) is 6.08 Å². The summed E-state index contributed by atoms with van der Waals surface area (Å²) in [6, 6.07) is 4.26. The molecule has 1 N–H and O–H groups in total. The molecule has 1 saturated heterocycles. The van der Waals surface area contributed by atoms with E-state index in [4.69, 9.17) is 14.5 Å². The first-order chi connectivity index (χ1) is 14.3. The zero-order chi connectivity index (χ0) is 21.3. The second-order valence-corrected chi connectivity index (χ2v) is 7.76. The Bertz CT molecular complexity index is 934. The second kappa shape index (κ2) is 8.18. The van der Waals surface area contributed by atoms with Gasteiger partial charge < -0.3 is 19.7 Å². The van der Waals surface area contributed by atoms with Crippen molar-refractivity contribution in [3.63, 3.8) is 0 Å². The number of carbonyl (C=O) groups is 1. The molecule has 1 unspecified atom stereocenters. The Morgan fingerprint density at radius 2 is 2.27 bits per heavy atom. The van der Waals surface area contributed by atoms with Crippen LogP contribution in [0.25, 0.3) is 0 Å². The molecular weight excluding hydrogens is 392 g/mol. The van der Waals surface area contributed by atoms with Crippen molar-refractivity contribution in [1.82, 2.24) is 10.2 Å². The molecule has 2 heterocycles. The highest BCUT2D eigenvalue weighted by Gasteiger charge is 2.31. The molecule has 2 aliphatic heterocycles. The van der Waals surface area contributed by atoms with Gasteiger partial charge in [-0.25, -0.2) is 13.8 Å². The molecule has 0 saturated carbocycles. The topological polar surface area (TPSA) is 63.2 Å². The molecule has 1 aromatic carbocycles. The molecule has 0 amide bonds. The molecule has 0 spiro atoms. The molecule has 0 radical (unpaired) electrons. The summed E-state index contributed by atoms with van der Waals surface area (Å²) in [6.07, 6.45) is 5.86. The van der Waals surface area contributed by atoms with Crippen molar-refractivity contribution < 1.29 is 23.0 Å². The van der Waals surface area contributed by atoms with Gasteiger partial charge in [0.25, 0.3) is 5.92 Å². The normalized spacial score (nSPS) is 21.3. The fourth-order valence-corrected chi connectivity index (χ4v) is 3.90. The van der Waals surface area contributed by atoms with E-state index in [1.54, 1.807) is 6.07 Å². The number of hydrogen-bond donors (Lipinski definition) is 1. The molecule has 8 heteroatoms. The van der Waals surface area contributed by atoms with Crippen molar-refractivity contribution in [2.75, 3.05) is 26.7 Å². The van der Waals surface area contributed by atoms with Gasteiger partial charge in [0.05, 0.1) is 19.1 Å². The monoisotopic (exact) mass is 417 g/mol. The van der Waals surface area contributed by atoms with Gasteiger partial charge in [-0.15, -0.1) is 0 Å². The van der Waals surface area contributed by atoms with Crippen molar-refractivity contribution in [2.45, 2.75) is 38.2 Å². The van der Waals surface area contributed by atoms with E-state index in [-0.39, 0.29) is 24.0 Å². The van der Waals surface area contributed by atoms with Crippen LogP contribution in [0.2, 0.25) is 0 Å². The van der Waals surface area contributed by atoms with Gasteiger partial charge in [0, 0.05) is 44.6 Å². The van der Waals surface area contributed by atoms with E-state index >= 15 is 0 Å². The molecule has 1 fully saturated rings. The van der Waals surface area contributed by atoms with Crippen LogP contribution in [0.4, 0.5) is 14.5 Å². The summed E-state index contributed by atoms with van der Waals surface area (Å²) >= 11 is 0. The Labute approximate surface area is 174 Å². The van der Waals surface area contributed by atoms with E-state index in [0.717, 1.165) is 24.7 Å². The van der Waals surface area contributed by atoms with E-state index < -0.39 is 5.92 Å². The lowest BCUT2D eigenvalue weighted by molar-refractivity contribution is -0.141. The number of ether oxygens (including phenoxy) is 2.